The Morgan fingerprint density at radius 2 is 1.54 bits per heavy atom. The molecule has 0 aliphatic carbocycles. The van der Waals surface area contributed by atoms with Crippen LogP contribution in [0.5, 0.6) is 0 Å². The second-order valence-corrected chi connectivity index (χ2v) is 9.92. The Morgan fingerprint density at radius 3 is 2.14 bits per heavy atom. The maximum Gasteiger partial charge on any atom is 0.243 e. The zero-order valence-corrected chi connectivity index (χ0v) is 22.8. The average molecular weight is 533 g/mol. The normalized spacial score (nSPS) is 16.2. The molecular weight excluding hydrogens is 492 g/mol. The van der Waals surface area contributed by atoms with Gasteiger partial charge in [-0.15, -0.1) is 0 Å². The van der Waals surface area contributed by atoms with Crippen LogP contribution in [0.3, 0.4) is 0 Å². The third kappa shape index (κ3) is 7.96. The number of nitrogens with one attached hydrogen (secondary N) is 4. The number of hydrogen-bond donors (Lipinski definition) is 7. The monoisotopic (exact) mass is 532 g/mol. The van der Waals surface area contributed by atoms with Crippen LogP contribution in [-0.2, 0) is 25.6 Å². The summed E-state index contributed by atoms with van der Waals surface area (Å²) < 4.78 is 0. The predicted octanol–water partition coefficient (Wildman–Crippen LogP) is 0.999. The molecule has 10 nitrogen and oxygen atoms in total. The molecule has 3 unspecified atom stereocenters. The number of nitrogens with two attached hydrogens (primary N) is 2. The molecular formula is C26H40N6O4S. The highest BCUT2D eigenvalue weighted by molar-refractivity contribution is 7.80. The highest BCUT2D eigenvalue weighted by atomic mass is 32.1. The molecule has 1 aromatic heterocycles. The van der Waals surface area contributed by atoms with Gasteiger partial charge in [-0.25, -0.2) is 0 Å². The molecule has 6 atom stereocenters. The van der Waals surface area contributed by atoms with Crippen molar-refractivity contribution < 1.29 is 19.2 Å². The number of benzene rings is 1. The van der Waals surface area contributed by atoms with Crippen LogP contribution in [0.4, 0.5) is 0 Å². The van der Waals surface area contributed by atoms with Crippen LogP contribution in [0.25, 0.3) is 10.9 Å². The van der Waals surface area contributed by atoms with Crippen molar-refractivity contribution in [1.29, 1.82) is 0 Å². The number of aromatic amines is 1. The third-order valence-corrected chi connectivity index (χ3v) is 7.29. The van der Waals surface area contributed by atoms with Gasteiger partial charge in [-0.3, -0.25) is 19.2 Å². The zero-order valence-electron chi connectivity index (χ0n) is 21.9. The molecule has 0 spiro atoms. The highest BCUT2D eigenvalue weighted by Gasteiger charge is 2.33. The molecule has 2 aromatic rings. The Labute approximate surface area is 223 Å². The first-order chi connectivity index (χ1) is 17.5. The van der Waals surface area contributed by atoms with Gasteiger partial charge in [0, 0.05) is 29.3 Å². The molecule has 0 saturated heterocycles. The van der Waals surface area contributed by atoms with E-state index in [4.69, 9.17) is 11.5 Å². The molecule has 0 aliphatic heterocycles. The van der Waals surface area contributed by atoms with E-state index in [2.05, 4.69) is 33.6 Å². The minimum absolute atomic E-state index is 0.00782. The van der Waals surface area contributed by atoms with E-state index in [9.17, 15) is 19.2 Å². The molecule has 0 radical (unpaired) electrons. The van der Waals surface area contributed by atoms with Crippen molar-refractivity contribution >= 4 is 47.2 Å². The minimum Gasteiger partial charge on any atom is -0.368 e. The van der Waals surface area contributed by atoms with Crippen LogP contribution in [0.1, 0.15) is 46.1 Å². The van der Waals surface area contributed by atoms with Gasteiger partial charge < -0.3 is 32.4 Å². The number of hydrogen-bond acceptors (Lipinski definition) is 6. The van der Waals surface area contributed by atoms with E-state index in [0.717, 1.165) is 16.5 Å². The van der Waals surface area contributed by atoms with Gasteiger partial charge in [0.05, 0.1) is 6.04 Å². The summed E-state index contributed by atoms with van der Waals surface area (Å²) in [6.07, 6.45) is 3.25. The Hall–Kier alpha value is -3.05. The van der Waals surface area contributed by atoms with Gasteiger partial charge in [-0.2, -0.15) is 12.6 Å². The van der Waals surface area contributed by atoms with Gasteiger partial charge in [-0.1, -0.05) is 58.7 Å². The maximum absolute atomic E-state index is 13.5. The summed E-state index contributed by atoms with van der Waals surface area (Å²) in [7, 11) is 0. The Kier molecular flexibility index (Phi) is 11.4. The number of para-hydroxylation sites is 1. The molecule has 1 aromatic carbocycles. The average Bonchev–Trinajstić information content (AvgIpc) is 3.30. The van der Waals surface area contributed by atoms with E-state index in [1.165, 1.54) is 0 Å². The van der Waals surface area contributed by atoms with Gasteiger partial charge in [0.2, 0.25) is 23.6 Å². The molecule has 0 fully saturated rings. The number of carbonyl (C=O) groups excluding carboxylic acids is 4. The first kappa shape index (κ1) is 30.2. The molecule has 8 N–H and O–H groups in total. The summed E-state index contributed by atoms with van der Waals surface area (Å²) >= 11 is 4.09. The van der Waals surface area contributed by atoms with E-state index in [0.29, 0.717) is 12.8 Å². The van der Waals surface area contributed by atoms with Crippen molar-refractivity contribution in [1.82, 2.24) is 20.9 Å². The smallest absolute Gasteiger partial charge is 0.243 e. The van der Waals surface area contributed by atoms with E-state index in [1.807, 2.05) is 52.0 Å². The lowest BCUT2D eigenvalue weighted by Gasteiger charge is -2.28. The molecule has 4 amide bonds. The summed E-state index contributed by atoms with van der Waals surface area (Å²) in [5.74, 6) is -2.52. The fourth-order valence-corrected chi connectivity index (χ4v) is 4.21. The number of primary amides is 1. The SMILES string of the molecule is CCC(C)C(N)C(=O)N[C@H](C(=O)N[C@@H](Cc1c[nH]c2ccccc12)C(=O)N[C@@H](CS)C(N)=O)C(C)CC. The zero-order chi connectivity index (χ0) is 27.7. The Balaban J connectivity index is 2.32. The number of fused-ring (bicyclic) bond motifs is 1. The van der Waals surface area contributed by atoms with Gasteiger partial charge in [-0.05, 0) is 23.5 Å². The maximum atomic E-state index is 13.5. The third-order valence-electron chi connectivity index (χ3n) is 6.93. The lowest BCUT2D eigenvalue weighted by atomic mass is 9.95. The molecule has 204 valence electrons. The van der Waals surface area contributed by atoms with Crippen LogP contribution < -0.4 is 27.4 Å². The second kappa shape index (κ2) is 14.0. The van der Waals surface area contributed by atoms with Gasteiger partial charge in [0.1, 0.15) is 18.1 Å². The molecule has 11 heteroatoms. The number of aromatic nitrogens is 1. The summed E-state index contributed by atoms with van der Waals surface area (Å²) in [5, 5.41) is 9.06. The van der Waals surface area contributed by atoms with Crippen LogP contribution in [0.2, 0.25) is 0 Å². The van der Waals surface area contributed by atoms with E-state index >= 15 is 0 Å². The Bertz CT molecular complexity index is 1090. The summed E-state index contributed by atoms with van der Waals surface area (Å²) in [4.78, 5) is 54.4. The van der Waals surface area contributed by atoms with Crippen molar-refractivity contribution in [2.75, 3.05) is 5.75 Å². The lowest BCUT2D eigenvalue weighted by molar-refractivity contribution is -0.134. The first-order valence-corrected chi connectivity index (χ1v) is 13.3. The number of H-pyrrole nitrogens is 1. The predicted molar refractivity (Wildman–Crippen MR) is 148 cm³/mol. The van der Waals surface area contributed by atoms with Crippen molar-refractivity contribution in [2.24, 2.45) is 23.3 Å². The summed E-state index contributed by atoms with van der Waals surface area (Å²) in [6, 6.07) is 3.89. The van der Waals surface area contributed by atoms with E-state index in [1.54, 1.807) is 6.20 Å². The first-order valence-electron chi connectivity index (χ1n) is 12.7. The molecule has 37 heavy (non-hydrogen) atoms. The summed E-state index contributed by atoms with van der Waals surface area (Å²) in [6.45, 7) is 7.57. The fourth-order valence-electron chi connectivity index (χ4n) is 3.93. The van der Waals surface area contributed by atoms with Gasteiger partial charge in [0.25, 0.3) is 0 Å². The van der Waals surface area contributed by atoms with Crippen molar-refractivity contribution in [2.45, 2.75) is 71.1 Å². The van der Waals surface area contributed by atoms with Crippen molar-refractivity contribution in [3.63, 3.8) is 0 Å². The van der Waals surface area contributed by atoms with Crippen LogP contribution in [0, 0.1) is 11.8 Å². The molecule has 0 bridgehead atoms. The Morgan fingerprint density at radius 1 is 0.919 bits per heavy atom. The van der Waals surface area contributed by atoms with E-state index < -0.39 is 47.8 Å². The molecule has 2 rings (SSSR count). The number of carbonyl (C=O) groups is 4. The largest absolute Gasteiger partial charge is 0.368 e. The highest BCUT2D eigenvalue weighted by Crippen LogP contribution is 2.20. The molecule has 0 saturated carbocycles. The van der Waals surface area contributed by atoms with Crippen LogP contribution >= 0.6 is 12.6 Å². The second-order valence-electron chi connectivity index (χ2n) is 9.55. The summed E-state index contributed by atoms with van der Waals surface area (Å²) in [5.41, 5.74) is 13.2. The van der Waals surface area contributed by atoms with Crippen molar-refractivity contribution in [3.05, 3.63) is 36.0 Å². The topological polar surface area (TPSA) is 172 Å². The number of rotatable bonds is 14. The van der Waals surface area contributed by atoms with Gasteiger partial charge in [0.15, 0.2) is 0 Å². The van der Waals surface area contributed by atoms with Crippen LogP contribution in [0.15, 0.2) is 30.5 Å². The standard InChI is InChI=1S/C26H40N6O4S/c1-5-14(3)21(27)25(35)32-22(15(4)6-2)26(36)30-19(24(34)31-20(13-37)23(28)33)11-16-12-29-18-10-8-7-9-17(16)18/h7-10,12,14-15,19-22,29,37H,5-6,11,13,27H2,1-4H3,(H2,28,33)(H,30,36)(H,31,34)(H,32,35)/t14?,15?,19-,20-,21?,22-/m0/s1. The van der Waals surface area contributed by atoms with Crippen LogP contribution in [-0.4, -0.2) is 58.5 Å². The van der Waals surface area contributed by atoms with Crippen molar-refractivity contribution in [3.8, 4) is 0 Å². The molecule has 0 aliphatic rings. The molecule has 1 heterocycles. The number of amides is 4. The van der Waals surface area contributed by atoms with Gasteiger partial charge >= 0.3 is 0 Å². The van der Waals surface area contributed by atoms with E-state index in [-0.39, 0.29) is 24.0 Å². The number of thiol groups is 1. The lowest BCUT2D eigenvalue weighted by Crippen LogP contribution is -2.60. The minimum atomic E-state index is -1.04. The fraction of sp³-hybridized carbons (Fsp3) is 0.538. The quantitative estimate of drug-likeness (QED) is 0.180.